The fourth-order valence-electron chi connectivity index (χ4n) is 8.48. The number of halogens is 3. The summed E-state index contributed by atoms with van der Waals surface area (Å²) in [4.78, 5) is 58.8. The Balaban J connectivity index is 0.996. The minimum Gasteiger partial charge on any atom is -0.491 e. The van der Waals surface area contributed by atoms with Gasteiger partial charge in [0, 0.05) is 30.1 Å². The van der Waals surface area contributed by atoms with Crippen LogP contribution in [0.2, 0.25) is 0 Å². The summed E-state index contributed by atoms with van der Waals surface area (Å²) in [5, 5.41) is 6.20. The van der Waals surface area contributed by atoms with Crippen LogP contribution < -0.4 is 25.2 Å². The molecule has 0 aromatic heterocycles. The molecule has 4 amide bonds. The van der Waals surface area contributed by atoms with E-state index in [0.29, 0.717) is 43.7 Å². The number of rotatable bonds is 16. The van der Waals surface area contributed by atoms with Crippen molar-refractivity contribution in [1.29, 1.82) is 0 Å². The average molecular weight is 918 g/mol. The number of terminal acetylenes is 1. The molecule has 6 rings (SSSR count). The normalized spacial score (nSPS) is 20.3. The number of nitrogens with one attached hydrogen (secondary N) is 2. The van der Waals surface area contributed by atoms with E-state index in [9.17, 15) is 32.3 Å². The number of carbonyl (C=O) groups is 4. The maximum absolute atomic E-state index is 14.0. The van der Waals surface area contributed by atoms with Crippen molar-refractivity contribution in [1.82, 2.24) is 15.5 Å². The first kappa shape index (κ1) is 48.9. The van der Waals surface area contributed by atoms with E-state index in [1.54, 1.807) is 47.9 Å². The van der Waals surface area contributed by atoms with Crippen LogP contribution in [0.1, 0.15) is 96.0 Å². The van der Waals surface area contributed by atoms with Crippen LogP contribution in [0.5, 0.6) is 5.75 Å². The first-order valence-corrected chi connectivity index (χ1v) is 22.4. The quantitative estimate of drug-likeness (QED) is 0.0861. The molecule has 3 aliphatic rings. The monoisotopic (exact) mass is 917 g/mol. The number of carbonyl (C=O) groups excluding carboxylic acids is 4. The van der Waals surface area contributed by atoms with Crippen LogP contribution >= 0.6 is 12.2 Å². The van der Waals surface area contributed by atoms with Gasteiger partial charge in [-0.3, -0.25) is 24.1 Å². The van der Waals surface area contributed by atoms with Crippen molar-refractivity contribution in [2.75, 3.05) is 42.8 Å². The maximum Gasteiger partial charge on any atom is 0.417 e. The van der Waals surface area contributed by atoms with Crippen LogP contribution in [-0.4, -0.2) is 90.3 Å². The number of amides is 4. The van der Waals surface area contributed by atoms with E-state index in [1.807, 2.05) is 64.8 Å². The number of fused-ring (bicyclic) bond motifs is 1. The maximum atomic E-state index is 14.0. The molecular formula is C49H58F3N5O7S. The third-order valence-corrected chi connectivity index (χ3v) is 12.7. The Hall–Kier alpha value is -5.50. The van der Waals surface area contributed by atoms with E-state index in [4.69, 9.17) is 32.9 Å². The van der Waals surface area contributed by atoms with E-state index in [-0.39, 0.29) is 72.5 Å². The molecule has 12 nitrogen and oxygen atoms in total. The topological polar surface area (TPSA) is 130 Å². The van der Waals surface area contributed by atoms with Gasteiger partial charge in [0.15, 0.2) is 5.11 Å². The van der Waals surface area contributed by atoms with Crippen LogP contribution in [0.15, 0.2) is 66.7 Å². The van der Waals surface area contributed by atoms with Gasteiger partial charge in [0.1, 0.15) is 30.0 Å². The van der Waals surface area contributed by atoms with E-state index in [1.165, 1.54) is 6.07 Å². The van der Waals surface area contributed by atoms with Crippen LogP contribution in [0.3, 0.4) is 0 Å². The van der Waals surface area contributed by atoms with E-state index in [0.717, 1.165) is 28.2 Å². The van der Waals surface area contributed by atoms with Gasteiger partial charge in [-0.25, -0.2) is 0 Å². The van der Waals surface area contributed by atoms with Crippen molar-refractivity contribution < 1.29 is 46.6 Å². The highest BCUT2D eigenvalue weighted by Gasteiger charge is 2.51. The molecule has 3 aromatic carbocycles. The summed E-state index contributed by atoms with van der Waals surface area (Å²) in [7, 11) is 0. The van der Waals surface area contributed by atoms with Gasteiger partial charge in [-0.05, 0) is 104 Å². The Labute approximate surface area is 384 Å². The number of hydrogen-bond acceptors (Lipinski definition) is 8. The van der Waals surface area contributed by atoms with Gasteiger partial charge in [-0.1, -0.05) is 64.8 Å². The van der Waals surface area contributed by atoms with Crippen LogP contribution in [-0.2, 0) is 41.2 Å². The molecule has 0 spiro atoms. The summed E-state index contributed by atoms with van der Waals surface area (Å²) in [5.74, 6) is 1.13. The number of alkyl halides is 3. The minimum atomic E-state index is -4.73. The Morgan fingerprint density at radius 3 is 2.32 bits per heavy atom. The van der Waals surface area contributed by atoms with E-state index >= 15 is 0 Å². The Morgan fingerprint density at radius 2 is 1.66 bits per heavy atom. The second kappa shape index (κ2) is 19.9. The van der Waals surface area contributed by atoms with Crippen molar-refractivity contribution in [3.05, 3.63) is 89.0 Å². The van der Waals surface area contributed by atoms with Crippen LogP contribution in [0, 0.1) is 23.7 Å². The lowest BCUT2D eigenvalue weighted by Gasteiger charge is -2.36. The lowest BCUT2D eigenvalue weighted by atomic mass is 9.85. The largest absolute Gasteiger partial charge is 0.491 e. The Kier molecular flexibility index (Phi) is 15.0. The van der Waals surface area contributed by atoms with Gasteiger partial charge in [0.25, 0.3) is 5.91 Å². The minimum absolute atomic E-state index is 0.0166. The zero-order chi connectivity index (χ0) is 47.4. The fourth-order valence-corrected chi connectivity index (χ4v) is 9.00. The molecule has 0 bridgehead atoms. The molecule has 3 aromatic rings. The van der Waals surface area contributed by atoms with Crippen molar-refractivity contribution in [2.45, 2.75) is 110 Å². The van der Waals surface area contributed by atoms with Gasteiger partial charge < -0.3 is 34.6 Å². The number of thiocarbonyl (C=S) groups is 1. The standard InChI is InChI=1S/C49H58F3N5O7S/c1-9-30(3)42(58)54-41(47(4,5)6)44(60)55-23-13-16-38(55)43(59)53-40-36-15-12-11-14-32(36)28-39(40)64-27-25-62-24-26-63-35-21-19-33(20-22-35)57-46(65)56(45(61)48(57,7)8)34-18-17-31(10-2)37(29-34)49(50,51)52/h2,11-12,14-15,17-22,29-30,38-41H,9,13,16,23-28H2,1,3-8H3,(H,53,59)(H,54,58)/t30-,38+,39-,40+,41-/m1/s1. The lowest BCUT2D eigenvalue weighted by Crippen LogP contribution is -2.58. The molecule has 2 fully saturated rings. The molecular weight excluding hydrogens is 860 g/mol. The third kappa shape index (κ3) is 10.6. The van der Waals surface area contributed by atoms with Crippen molar-refractivity contribution in [2.24, 2.45) is 11.3 Å². The summed E-state index contributed by atoms with van der Waals surface area (Å²) < 4.78 is 59.4. The van der Waals surface area contributed by atoms with Gasteiger partial charge in [0.2, 0.25) is 17.7 Å². The zero-order valence-corrected chi connectivity index (χ0v) is 38.7. The highest BCUT2D eigenvalue weighted by molar-refractivity contribution is 7.81. The number of likely N-dealkylation sites (tertiary alicyclic amines) is 1. The molecule has 2 saturated heterocycles. The van der Waals surface area contributed by atoms with Crippen LogP contribution in [0.25, 0.3) is 0 Å². The molecule has 2 N–H and O–H groups in total. The summed E-state index contributed by atoms with van der Waals surface area (Å²) in [6.45, 7) is 14.2. The molecule has 348 valence electrons. The van der Waals surface area contributed by atoms with E-state index in [2.05, 4.69) is 10.6 Å². The summed E-state index contributed by atoms with van der Waals surface area (Å²) >= 11 is 5.66. The van der Waals surface area contributed by atoms with Crippen molar-refractivity contribution >= 4 is 52.3 Å². The Morgan fingerprint density at radius 1 is 0.985 bits per heavy atom. The first-order valence-electron chi connectivity index (χ1n) is 22.0. The molecule has 2 heterocycles. The van der Waals surface area contributed by atoms with E-state index < -0.39 is 46.7 Å². The average Bonchev–Trinajstić information content (AvgIpc) is 3.94. The number of ether oxygens (including phenoxy) is 3. The molecule has 65 heavy (non-hydrogen) atoms. The third-order valence-electron chi connectivity index (χ3n) is 12.3. The first-order chi connectivity index (χ1) is 30.7. The molecule has 1 aliphatic carbocycles. The fraction of sp³-hybridized carbons (Fsp3) is 0.490. The lowest BCUT2D eigenvalue weighted by molar-refractivity contribution is -0.144. The predicted molar refractivity (Wildman–Crippen MR) is 245 cm³/mol. The van der Waals surface area contributed by atoms with Crippen molar-refractivity contribution in [3.63, 3.8) is 0 Å². The van der Waals surface area contributed by atoms with Gasteiger partial charge in [-0.2, -0.15) is 13.2 Å². The van der Waals surface area contributed by atoms with Crippen LogP contribution in [0.4, 0.5) is 24.5 Å². The van der Waals surface area contributed by atoms with Crippen molar-refractivity contribution in [3.8, 4) is 18.1 Å². The Bertz CT molecular complexity index is 2310. The highest BCUT2D eigenvalue weighted by Crippen LogP contribution is 2.40. The molecule has 0 saturated carbocycles. The second-order valence-electron chi connectivity index (χ2n) is 18.2. The number of hydrogen-bond donors (Lipinski definition) is 2. The second-order valence-corrected chi connectivity index (χ2v) is 18.6. The SMILES string of the molecule is C#Cc1ccc(N2C(=O)C(C)(C)N(c3ccc(OCCOCCO[C@@H]4Cc5ccccc5[C@@H]4NC(=O)[C@@H]4CCCN4C(=O)[C@@H](NC(=O)[C@H](C)CC)C(C)(C)C)cc3)C2=S)cc1C(F)(F)F. The molecule has 0 unspecified atom stereocenters. The predicted octanol–water partition coefficient (Wildman–Crippen LogP) is 7.37. The summed E-state index contributed by atoms with van der Waals surface area (Å²) in [6, 6.07) is 16.2. The summed E-state index contributed by atoms with van der Waals surface area (Å²) in [6.07, 6.45) is 2.64. The number of anilines is 2. The summed E-state index contributed by atoms with van der Waals surface area (Å²) in [5.41, 5.74) is -0.617. The van der Waals surface area contributed by atoms with Gasteiger partial charge in [-0.15, -0.1) is 6.42 Å². The molecule has 2 aliphatic heterocycles. The molecule has 0 radical (unpaired) electrons. The van der Waals surface area contributed by atoms with Gasteiger partial charge >= 0.3 is 6.18 Å². The molecule has 16 heteroatoms. The molecule has 5 atom stereocenters. The number of nitrogens with zero attached hydrogens (tertiary/aromatic N) is 3. The zero-order valence-electron chi connectivity index (χ0n) is 37.9. The highest BCUT2D eigenvalue weighted by atomic mass is 32.1. The van der Waals surface area contributed by atoms with Gasteiger partial charge in [0.05, 0.1) is 43.2 Å². The number of benzene rings is 3. The smallest absolute Gasteiger partial charge is 0.417 e.